The van der Waals surface area contributed by atoms with E-state index in [1.165, 1.54) is 24.8 Å². The minimum Gasteiger partial charge on any atom is -0.494 e. The maximum absolute atomic E-state index is 9.22. The molecule has 1 saturated heterocycles. The van der Waals surface area contributed by atoms with Gasteiger partial charge in [0.2, 0.25) is 0 Å². The predicted octanol–water partition coefficient (Wildman–Crippen LogP) is 3.11. The lowest BCUT2D eigenvalue weighted by Gasteiger charge is -2.35. The number of unbranched alkanes of at least 4 members (excludes halogenated alkanes) is 1. The molecule has 0 aliphatic carbocycles. The molecule has 2 rings (SSSR count). The summed E-state index contributed by atoms with van der Waals surface area (Å²) in [5.41, 5.74) is 1.25. The molecule has 0 bridgehead atoms. The Balaban J connectivity index is 1.89. The van der Waals surface area contributed by atoms with E-state index in [1.807, 2.05) is 12.1 Å². The Labute approximate surface area is 133 Å². The zero-order chi connectivity index (χ0) is 15.6. The van der Waals surface area contributed by atoms with Crippen LogP contribution in [0.4, 0.5) is 0 Å². The van der Waals surface area contributed by atoms with Crippen LogP contribution in [0, 0.1) is 11.3 Å². The van der Waals surface area contributed by atoms with Crippen molar-refractivity contribution in [3.05, 3.63) is 29.8 Å². The average Bonchev–Trinajstić information content (AvgIpc) is 2.54. The summed E-state index contributed by atoms with van der Waals surface area (Å²) in [4.78, 5) is 2.48. The van der Waals surface area contributed by atoms with Crippen molar-refractivity contribution < 1.29 is 9.84 Å². The number of likely N-dealkylation sites (tertiary alicyclic amines) is 1. The first kappa shape index (κ1) is 16.8. The van der Waals surface area contributed by atoms with E-state index in [0.717, 1.165) is 31.7 Å². The van der Waals surface area contributed by atoms with Gasteiger partial charge in [-0.25, -0.2) is 0 Å². The lowest BCUT2D eigenvalue weighted by molar-refractivity contribution is 0.112. The number of nitrogens with zero attached hydrogens (tertiary/aromatic N) is 2. The number of hydrogen-bond donors (Lipinski definition) is 1. The van der Waals surface area contributed by atoms with E-state index >= 15 is 0 Å². The van der Waals surface area contributed by atoms with E-state index < -0.39 is 0 Å². The number of hydrogen-bond acceptors (Lipinski definition) is 4. The summed E-state index contributed by atoms with van der Waals surface area (Å²) in [5, 5.41) is 17.7. The molecule has 1 atom stereocenters. The third-order valence-corrected chi connectivity index (χ3v) is 4.20. The van der Waals surface area contributed by atoms with Gasteiger partial charge in [-0.15, -0.1) is 0 Å². The number of benzene rings is 1. The van der Waals surface area contributed by atoms with E-state index in [2.05, 4.69) is 23.1 Å². The monoisotopic (exact) mass is 302 g/mol. The van der Waals surface area contributed by atoms with Gasteiger partial charge in [0.1, 0.15) is 5.75 Å². The van der Waals surface area contributed by atoms with E-state index in [0.29, 0.717) is 19.1 Å². The summed E-state index contributed by atoms with van der Waals surface area (Å²) in [7, 11) is 0. The summed E-state index contributed by atoms with van der Waals surface area (Å²) < 4.78 is 5.70. The Kier molecular flexibility index (Phi) is 7.21. The molecule has 4 nitrogen and oxygen atoms in total. The van der Waals surface area contributed by atoms with Gasteiger partial charge in [-0.2, -0.15) is 5.26 Å². The average molecular weight is 302 g/mol. The van der Waals surface area contributed by atoms with Crippen LogP contribution in [0.2, 0.25) is 0 Å². The first-order valence-corrected chi connectivity index (χ1v) is 8.27. The second kappa shape index (κ2) is 9.45. The number of rotatable bonds is 8. The van der Waals surface area contributed by atoms with Crippen LogP contribution in [0.15, 0.2) is 24.3 Å². The Morgan fingerprint density at radius 1 is 1.36 bits per heavy atom. The van der Waals surface area contributed by atoms with Gasteiger partial charge in [0.25, 0.3) is 0 Å². The van der Waals surface area contributed by atoms with Crippen molar-refractivity contribution in [2.75, 3.05) is 19.8 Å². The van der Waals surface area contributed by atoms with Gasteiger partial charge in [-0.3, -0.25) is 4.90 Å². The zero-order valence-corrected chi connectivity index (χ0v) is 13.2. The Morgan fingerprint density at radius 3 is 3.09 bits per heavy atom. The number of nitriles is 1. The van der Waals surface area contributed by atoms with Crippen molar-refractivity contribution in [1.82, 2.24) is 4.90 Å². The van der Waals surface area contributed by atoms with Crippen molar-refractivity contribution in [2.45, 2.75) is 51.1 Å². The molecule has 1 aromatic carbocycles. The van der Waals surface area contributed by atoms with Gasteiger partial charge in [0.15, 0.2) is 0 Å². The lowest BCUT2D eigenvalue weighted by atomic mass is 9.99. The molecule has 1 fully saturated rings. The molecule has 0 saturated carbocycles. The van der Waals surface area contributed by atoms with E-state index in [4.69, 9.17) is 10.00 Å². The molecule has 1 unspecified atom stereocenters. The fourth-order valence-corrected chi connectivity index (χ4v) is 3.05. The third kappa shape index (κ3) is 5.32. The molecule has 22 heavy (non-hydrogen) atoms. The number of piperidine rings is 1. The van der Waals surface area contributed by atoms with Crippen LogP contribution in [0.3, 0.4) is 0 Å². The van der Waals surface area contributed by atoms with Gasteiger partial charge in [-0.1, -0.05) is 18.6 Å². The standard InChI is InChI=1S/C18H26N2O2/c19-10-2-4-13-22-18-8-5-6-16(14-18)15-20-11-3-1-7-17(20)9-12-21/h5-6,8,14,17,21H,1-4,7,9,11-13,15H2. The summed E-state index contributed by atoms with van der Waals surface area (Å²) in [6.45, 7) is 2.88. The largest absolute Gasteiger partial charge is 0.494 e. The van der Waals surface area contributed by atoms with Crippen molar-refractivity contribution in [2.24, 2.45) is 0 Å². The van der Waals surface area contributed by atoms with Crippen LogP contribution in [-0.2, 0) is 6.54 Å². The molecule has 1 N–H and O–H groups in total. The SMILES string of the molecule is N#CCCCOc1cccc(CN2CCCCC2CCO)c1. The maximum atomic E-state index is 9.22. The molecule has 0 amide bonds. The molecule has 1 aromatic rings. The van der Waals surface area contributed by atoms with Gasteiger partial charge < -0.3 is 9.84 Å². The summed E-state index contributed by atoms with van der Waals surface area (Å²) in [6, 6.07) is 10.9. The maximum Gasteiger partial charge on any atom is 0.119 e. The van der Waals surface area contributed by atoms with Crippen molar-refractivity contribution in [3.63, 3.8) is 0 Å². The Morgan fingerprint density at radius 2 is 2.27 bits per heavy atom. The van der Waals surface area contributed by atoms with E-state index in [-0.39, 0.29) is 6.61 Å². The quantitative estimate of drug-likeness (QED) is 0.750. The molecule has 1 heterocycles. The van der Waals surface area contributed by atoms with Crippen LogP contribution in [0.1, 0.15) is 44.1 Å². The molecule has 120 valence electrons. The highest BCUT2D eigenvalue weighted by molar-refractivity contribution is 5.28. The number of aliphatic hydroxyl groups excluding tert-OH is 1. The molecule has 0 aromatic heterocycles. The summed E-state index contributed by atoms with van der Waals surface area (Å²) >= 11 is 0. The van der Waals surface area contributed by atoms with Crippen molar-refractivity contribution in [1.29, 1.82) is 5.26 Å². The van der Waals surface area contributed by atoms with Crippen LogP contribution in [-0.4, -0.2) is 35.8 Å². The highest BCUT2D eigenvalue weighted by Crippen LogP contribution is 2.23. The predicted molar refractivity (Wildman–Crippen MR) is 86.5 cm³/mol. The lowest BCUT2D eigenvalue weighted by Crippen LogP contribution is -2.39. The highest BCUT2D eigenvalue weighted by Gasteiger charge is 2.21. The van der Waals surface area contributed by atoms with E-state index in [1.54, 1.807) is 0 Å². The van der Waals surface area contributed by atoms with Crippen LogP contribution in [0.5, 0.6) is 5.75 Å². The van der Waals surface area contributed by atoms with Crippen molar-refractivity contribution in [3.8, 4) is 11.8 Å². The van der Waals surface area contributed by atoms with Crippen LogP contribution in [0.25, 0.3) is 0 Å². The smallest absolute Gasteiger partial charge is 0.119 e. The second-order valence-corrected chi connectivity index (χ2v) is 5.89. The van der Waals surface area contributed by atoms with Gasteiger partial charge in [-0.05, 0) is 49.9 Å². The molecule has 4 heteroatoms. The van der Waals surface area contributed by atoms with Crippen LogP contribution >= 0.6 is 0 Å². The molecule has 1 aliphatic rings. The molecular formula is C18H26N2O2. The zero-order valence-electron chi connectivity index (χ0n) is 13.2. The van der Waals surface area contributed by atoms with E-state index in [9.17, 15) is 5.11 Å². The Hall–Kier alpha value is -1.57. The van der Waals surface area contributed by atoms with Gasteiger partial charge >= 0.3 is 0 Å². The molecule has 0 spiro atoms. The minimum atomic E-state index is 0.267. The Bertz CT molecular complexity index is 482. The fourth-order valence-electron chi connectivity index (χ4n) is 3.05. The minimum absolute atomic E-state index is 0.267. The molecule has 1 aliphatic heterocycles. The fraction of sp³-hybridized carbons (Fsp3) is 0.611. The summed E-state index contributed by atoms with van der Waals surface area (Å²) in [6.07, 6.45) is 5.87. The summed E-state index contributed by atoms with van der Waals surface area (Å²) in [5.74, 6) is 0.881. The van der Waals surface area contributed by atoms with Gasteiger partial charge in [0, 0.05) is 25.6 Å². The first-order chi connectivity index (χ1) is 10.8. The topological polar surface area (TPSA) is 56.5 Å². The third-order valence-electron chi connectivity index (χ3n) is 4.20. The van der Waals surface area contributed by atoms with Crippen LogP contribution < -0.4 is 4.74 Å². The molecular weight excluding hydrogens is 276 g/mol. The first-order valence-electron chi connectivity index (χ1n) is 8.27. The number of aliphatic hydroxyl groups is 1. The molecule has 0 radical (unpaired) electrons. The highest BCUT2D eigenvalue weighted by atomic mass is 16.5. The number of ether oxygens (including phenoxy) is 1. The second-order valence-electron chi connectivity index (χ2n) is 5.89. The van der Waals surface area contributed by atoms with Gasteiger partial charge in [0.05, 0.1) is 12.7 Å². The van der Waals surface area contributed by atoms with Crippen molar-refractivity contribution >= 4 is 0 Å². The normalized spacial score (nSPS) is 18.8.